The Bertz CT molecular complexity index is 1270. The Hall–Kier alpha value is -2.98. The van der Waals surface area contributed by atoms with E-state index in [0.29, 0.717) is 46.5 Å². The monoisotopic (exact) mass is 583 g/mol. The number of carbonyl (C=O) groups is 1. The third kappa shape index (κ3) is 7.81. The van der Waals surface area contributed by atoms with Gasteiger partial charge in [0, 0.05) is 67.4 Å². The summed E-state index contributed by atoms with van der Waals surface area (Å²) in [6, 6.07) is 9.42. The maximum Gasteiger partial charge on any atom is 0.225 e. The number of hydrogen-bond donors (Lipinski definition) is 2. The van der Waals surface area contributed by atoms with Gasteiger partial charge in [-0.05, 0) is 68.6 Å². The molecule has 0 aliphatic carbocycles. The van der Waals surface area contributed by atoms with Gasteiger partial charge < -0.3 is 20.3 Å². The van der Waals surface area contributed by atoms with Crippen molar-refractivity contribution in [1.29, 1.82) is 0 Å². The van der Waals surface area contributed by atoms with Crippen LogP contribution in [0.25, 0.3) is 11.3 Å². The van der Waals surface area contributed by atoms with E-state index < -0.39 is 0 Å². The number of amides is 1. The van der Waals surface area contributed by atoms with E-state index >= 15 is 0 Å². The zero-order chi connectivity index (χ0) is 27.9. The van der Waals surface area contributed by atoms with Gasteiger partial charge in [0.1, 0.15) is 0 Å². The second-order valence-electron chi connectivity index (χ2n) is 10.3. The Morgan fingerprint density at radius 1 is 1.02 bits per heavy atom. The third-order valence-corrected chi connectivity index (χ3v) is 7.65. The van der Waals surface area contributed by atoms with Crippen LogP contribution in [0.15, 0.2) is 42.7 Å². The predicted octanol–water partition coefficient (Wildman–Crippen LogP) is 4.79. The fourth-order valence-electron chi connectivity index (χ4n) is 5.20. The van der Waals surface area contributed by atoms with Gasteiger partial charge in [-0.25, -0.2) is 15.0 Å². The summed E-state index contributed by atoms with van der Waals surface area (Å²) in [4.78, 5) is 30.4. The highest BCUT2D eigenvalue weighted by molar-refractivity contribution is 6.35. The van der Waals surface area contributed by atoms with Crippen molar-refractivity contribution in [3.63, 3.8) is 0 Å². The topological polar surface area (TPSA) is 95.5 Å². The molecule has 2 aliphatic rings. The number of carbonyl (C=O) groups excluding carboxylic acids is 1. The molecule has 9 nitrogen and oxygen atoms in total. The molecule has 11 heteroatoms. The van der Waals surface area contributed by atoms with E-state index in [1.807, 2.05) is 25.1 Å². The van der Waals surface area contributed by atoms with Crippen LogP contribution in [0.5, 0.6) is 11.6 Å². The fraction of sp³-hybridized carbons (Fsp3) is 0.448. The summed E-state index contributed by atoms with van der Waals surface area (Å²) < 4.78 is 6.16. The summed E-state index contributed by atoms with van der Waals surface area (Å²) in [7, 11) is 0. The lowest BCUT2D eigenvalue weighted by atomic mass is 9.93. The number of halogens is 2. The van der Waals surface area contributed by atoms with Crippen LogP contribution < -0.4 is 20.3 Å². The zero-order valence-electron chi connectivity index (χ0n) is 22.7. The molecule has 212 valence electrons. The van der Waals surface area contributed by atoms with Crippen LogP contribution in [0.1, 0.15) is 31.7 Å². The average molecular weight is 585 g/mol. The first kappa shape index (κ1) is 28.5. The summed E-state index contributed by atoms with van der Waals surface area (Å²) in [5.74, 6) is 2.23. The van der Waals surface area contributed by atoms with Crippen molar-refractivity contribution in [1.82, 2.24) is 30.5 Å². The molecule has 0 spiro atoms. The second kappa shape index (κ2) is 13.6. The highest BCUT2D eigenvalue weighted by Gasteiger charge is 2.22. The van der Waals surface area contributed by atoms with Crippen LogP contribution in [0.4, 0.5) is 5.95 Å². The largest absolute Gasteiger partial charge is 0.436 e. The number of benzene rings is 1. The van der Waals surface area contributed by atoms with Gasteiger partial charge in [0.15, 0.2) is 5.75 Å². The van der Waals surface area contributed by atoms with E-state index in [1.165, 1.54) is 0 Å². The first-order chi connectivity index (χ1) is 19.4. The lowest BCUT2D eigenvalue weighted by Crippen LogP contribution is -2.44. The van der Waals surface area contributed by atoms with E-state index in [1.54, 1.807) is 18.5 Å². The average Bonchev–Trinajstić information content (AvgIpc) is 2.94. The quantitative estimate of drug-likeness (QED) is 0.371. The van der Waals surface area contributed by atoms with Crippen molar-refractivity contribution in [3.8, 4) is 22.9 Å². The van der Waals surface area contributed by atoms with Crippen LogP contribution in [-0.2, 0) is 11.3 Å². The standard InChI is InChI=1S/C29H35Cl2N7O2/c1-2-33-27(39)12-20-3-7-37(8-4-20)19-21-11-26(22-14-23(30)16-24(31)15-22)36-28(13-21)40-25-17-34-29(35-18-25)38-9-5-32-6-10-38/h11,13-18,20,32H,2-10,12,19H2,1H3,(H,33,39). The van der Waals surface area contributed by atoms with Crippen LogP contribution in [-0.4, -0.2) is 71.6 Å². The van der Waals surface area contributed by atoms with Gasteiger partial charge in [-0.15, -0.1) is 0 Å². The summed E-state index contributed by atoms with van der Waals surface area (Å²) >= 11 is 12.6. The molecule has 0 unspecified atom stereocenters. The van der Waals surface area contributed by atoms with Crippen LogP contribution in [0.2, 0.25) is 10.0 Å². The Morgan fingerprint density at radius 2 is 1.73 bits per heavy atom. The van der Waals surface area contributed by atoms with E-state index in [4.69, 9.17) is 32.9 Å². The molecule has 1 aromatic carbocycles. The number of hydrogen-bond acceptors (Lipinski definition) is 8. The SMILES string of the molecule is CCNC(=O)CC1CCN(Cc2cc(Oc3cnc(N4CCNCC4)nc3)nc(-c3cc(Cl)cc(Cl)c3)c2)CC1. The van der Waals surface area contributed by atoms with E-state index in [0.717, 1.165) is 75.5 Å². The zero-order valence-corrected chi connectivity index (χ0v) is 24.2. The van der Waals surface area contributed by atoms with Gasteiger partial charge in [-0.2, -0.15) is 0 Å². The van der Waals surface area contributed by atoms with Gasteiger partial charge in [0.05, 0.1) is 18.1 Å². The fourth-order valence-corrected chi connectivity index (χ4v) is 5.73. The van der Waals surface area contributed by atoms with E-state index in [2.05, 4.69) is 36.5 Å². The Labute approximate surface area is 245 Å². The van der Waals surface area contributed by atoms with Gasteiger partial charge in [0.25, 0.3) is 0 Å². The predicted molar refractivity (Wildman–Crippen MR) is 158 cm³/mol. The first-order valence-corrected chi connectivity index (χ1v) is 14.6. The molecule has 0 atom stereocenters. The van der Waals surface area contributed by atoms with Gasteiger partial charge in [0.2, 0.25) is 17.7 Å². The van der Waals surface area contributed by atoms with Crippen molar-refractivity contribution >= 4 is 35.1 Å². The molecule has 2 fully saturated rings. The molecule has 4 heterocycles. The summed E-state index contributed by atoms with van der Waals surface area (Å²) in [6.45, 7) is 8.82. The minimum atomic E-state index is 0.145. The molecular formula is C29H35Cl2N7O2. The molecule has 0 bridgehead atoms. The highest BCUT2D eigenvalue weighted by Crippen LogP contribution is 2.31. The summed E-state index contributed by atoms with van der Waals surface area (Å²) in [6.07, 6.45) is 5.98. The van der Waals surface area contributed by atoms with Crippen molar-refractivity contribution < 1.29 is 9.53 Å². The minimum Gasteiger partial charge on any atom is -0.436 e. The third-order valence-electron chi connectivity index (χ3n) is 7.22. The number of rotatable bonds is 9. The van der Waals surface area contributed by atoms with Gasteiger partial charge in [-0.1, -0.05) is 23.2 Å². The number of aromatic nitrogens is 3. The van der Waals surface area contributed by atoms with Gasteiger partial charge >= 0.3 is 0 Å². The maximum atomic E-state index is 12.0. The molecule has 1 amide bonds. The van der Waals surface area contributed by atoms with E-state index in [-0.39, 0.29) is 5.91 Å². The Morgan fingerprint density at radius 3 is 2.40 bits per heavy atom. The maximum absolute atomic E-state index is 12.0. The van der Waals surface area contributed by atoms with Crippen LogP contribution in [0, 0.1) is 5.92 Å². The number of ether oxygens (including phenoxy) is 1. The molecule has 2 aliphatic heterocycles. The smallest absolute Gasteiger partial charge is 0.225 e. The molecule has 0 saturated carbocycles. The van der Waals surface area contributed by atoms with Crippen molar-refractivity contribution in [2.75, 3.05) is 50.7 Å². The number of piperidine rings is 1. The highest BCUT2D eigenvalue weighted by atomic mass is 35.5. The lowest BCUT2D eigenvalue weighted by molar-refractivity contribution is -0.122. The number of piperazine rings is 1. The minimum absolute atomic E-state index is 0.145. The molecule has 40 heavy (non-hydrogen) atoms. The normalized spacial score (nSPS) is 16.6. The summed E-state index contributed by atoms with van der Waals surface area (Å²) in [5, 5.41) is 7.34. The summed E-state index contributed by atoms with van der Waals surface area (Å²) in [5.41, 5.74) is 2.60. The first-order valence-electron chi connectivity index (χ1n) is 13.9. The van der Waals surface area contributed by atoms with E-state index in [9.17, 15) is 4.79 Å². The van der Waals surface area contributed by atoms with Crippen LogP contribution >= 0.6 is 23.2 Å². The molecule has 2 aromatic heterocycles. The number of nitrogens with one attached hydrogen (secondary N) is 2. The molecule has 2 saturated heterocycles. The molecule has 3 aromatic rings. The molecule has 5 rings (SSSR count). The van der Waals surface area contributed by atoms with Gasteiger partial charge in [-0.3, -0.25) is 9.69 Å². The molecule has 2 N–H and O–H groups in total. The lowest BCUT2D eigenvalue weighted by Gasteiger charge is -2.31. The number of nitrogens with zero attached hydrogens (tertiary/aromatic N) is 5. The van der Waals surface area contributed by atoms with Crippen molar-refractivity contribution in [2.45, 2.75) is 32.7 Å². The van der Waals surface area contributed by atoms with Crippen LogP contribution in [0.3, 0.4) is 0 Å². The Kier molecular flexibility index (Phi) is 9.70. The Balaban J connectivity index is 1.32. The number of likely N-dealkylation sites (tertiary alicyclic amines) is 1. The second-order valence-corrected chi connectivity index (χ2v) is 11.2. The number of anilines is 1. The van der Waals surface area contributed by atoms with Crippen molar-refractivity contribution in [2.24, 2.45) is 5.92 Å². The number of pyridine rings is 1. The molecule has 0 radical (unpaired) electrons. The van der Waals surface area contributed by atoms with Crippen molar-refractivity contribution in [3.05, 3.63) is 58.3 Å². The molecular weight excluding hydrogens is 549 g/mol.